The summed E-state index contributed by atoms with van der Waals surface area (Å²) in [6.07, 6.45) is 4.37. The minimum Gasteiger partial charge on any atom is -0.493 e. The van der Waals surface area contributed by atoms with Crippen LogP contribution in [-0.4, -0.2) is 44.6 Å². The molecule has 28 heavy (non-hydrogen) atoms. The molecule has 0 aliphatic rings. The van der Waals surface area contributed by atoms with Crippen LogP contribution in [0.25, 0.3) is 0 Å². The summed E-state index contributed by atoms with van der Waals surface area (Å²) in [6.45, 7) is 3.18. The summed E-state index contributed by atoms with van der Waals surface area (Å²) in [5.41, 5.74) is 7.85. The smallest absolute Gasteiger partial charge is 0.226 e. The molecule has 0 spiro atoms. The molecule has 0 aliphatic carbocycles. The van der Waals surface area contributed by atoms with Crippen LogP contribution in [0.3, 0.4) is 0 Å². The molecule has 0 atom stereocenters. The van der Waals surface area contributed by atoms with E-state index in [-0.39, 0.29) is 12.4 Å². The van der Waals surface area contributed by atoms with Gasteiger partial charge >= 0.3 is 0 Å². The van der Waals surface area contributed by atoms with Crippen molar-refractivity contribution < 1.29 is 18.9 Å². The van der Waals surface area contributed by atoms with Gasteiger partial charge in [0.1, 0.15) is 12.5 Å². The van der Waals surface area contributed by atoms with Gasteiger partial charge in [0.2, 0.25) is 11.7 Å². The number of rotatable bonds is 11. The monoisotopic (exact) mass is 412 g/mol. The van der Waals surface area contributed by atoms with Crippen LogP contribution in [0.4, 0.5) is 11.8 Å². The summed E-state index contributed by atoms with van der Waals surface area (Å²) in [5.74, 6) is 2.59. The Morgan fingerprint density at radius 2 is 1.75 bits per heavy atom. The second-order valence-corrected chi connectivity index (χ2v) is 5.90. The molecule has 2 rings (SSSR count). The second-order valence-electron chi connectivity index (χ2n) is 5.90. The molecular weight excluding hydrogens is 384 g/mol. The summed E-state index contributed by atoms with van der Waals surface area (Å²) in [5, 5.41) is 3.01. The molecule has 2 aromatic rings. The van der Waals surface area contributed by atoms with Crippen LogP contribution < -0.4 is 25.3 Å². The van der Waals surface area contributed by atoms with Crippen molar-refractivity contribution in [2.24, 2.45) is 0 Å². The van der Waals surface area contributed by atoms with Crippen molar-refractivity contribution in [3.63, 3.8) is 0 Å². The van der Waals surface area contributed by atoms with Crippen LogP contribution in [0.15, 0.2) is 18.3 Å². The number of benzene rings is 1. The predicted octanol–water partition coefficient (Wildman–Crippen LogP) is 3.28. The number of hydrogen-bond acceptors (Lipinski definition) is 8. The van der Waals surface area contributed by atoms with Crippen LogP contribution >= 0.6 is 12.4 Å². The number of nitrogens with zero attached hydrogens (tertiary/aromatic N) is 2. The van der Waals surface area contributed by atoms with Crippen molar-refractivity contribution in [3.05, 3.63) is 29.5 Å². The number of anilines is 2. The lowest BCUT2D eigenvalue weighted by atomic mass is 10.1. The predicted molar refractivity (Wildman–Crippen MR) is 112 cm³/mol. The quantitative estimate of drug-likeness (QED) is 0.428. The van der Waals surface area contributed by atoms with Crippen molar-refractivity contribution in [3.8, 4) is 17.2 Å². The van der Waals surface area contributed by atoms with Gasteiger partial charge < -0.3 is 30.0 Å². The zero-order chi connectivity index (χ0) is 19.6. The number of unbranched alkanes of at least 4 members (excludes halogenated alkanes) is 1. The average Bonchev–Trinajstić information content (AvgIpc) is 2.68. The van der Waals surface area contributed by atoms with Crippen LogP contribution in [-0.2, 0) is 11.2 Å². The number of halogens is 1. The normalized spacial score (nSPS) is 10.1. The molecule has 0 amide bonds. The number of ether oxygens (including phenoxy) is 4. The van der Waals surface area contributed by atoms with Gasteiger partial charge in [-0.05, 0) is 24.1 Å². The molecule has 0 bridgehead atoms. The SMILES string of the molecule is CCCCOCNc1ncc(Cc2cc(OC)c(OC)c(OC)c2)c(N)n1.Cl. The van der Waals surface area contributed by atoms with E-state index >= 15 is 0 Å². The molecule has 3 N–H and O–H groups in total. The number of methoxy groups -OCH3 is 3. The van der Waals surface area contributed by atoms with Gasteiger partial charge in [-0.15, -0.1) is 12.4 Å². The third-order valence-corrected chi connectivity index (χ3v) is 3.99. The van der Waals surface area contributed by atoms with Gasteiger partial charge in [-0.2, -0.15) is 4.98 Å². The first-order chi connectivity index (χ1) is 13.1. The topological polar surface area (TPSA) is 101 Å². The molecule has 1 heterocycles. The van der Waals surface area contributed by atoms with E-state index in [9.17, 15) is 0 Å². The standard InChI is InChI=1S/C19H28N4O4.ClH/c1-5-6-7-27-12-22-19-21-11-14(18(20)23-19)8-13-9-15(24-2)17(26-4)16(10-13)25-3;/h9-11H,5-8,12H2,1-4H3,(H3,20,21,22,23);1H. The highest BCUT2D eigenvalue weighted by Gasteiger charge is 2.14. The summed E-state index contributed by atoms with van der Waals surface area (Å²) < 4.78 is 21.6. The van der Waals surface area contributed by atoms with Gasteiger partial charge in [0.25, 0.3) is 0 Å². The van der Waals surface area contributed by atoms with E-state index in [2.05, 4.69) is 22.2 Å². The Bertz CT molecular complexity index is 721. The molecule has 8 nitrogen and oxygen atoms in total. The van der Waals surface area contributed by atoms with E-state index in [0.29, 0.717) is 48.8 Å². The lowest BCUT2D eigenvalue weighted by Crippen LogP contribution is -2.11. The summed E-state index contributed by atoms with van der Waals surface area (Å²) >= 11 is 0. The fourth-order valence-electron chi connectivity index (χ4n) is 2.53. The van der Waals surface area contributed by atoms with Gasteiger partial charge in [-0.25, -0.2) is 4.98 Å². The Labute approximate surface area is 172 Å². The Kier molecular flexibility index (Phi) is 10.2. The molecule has 1 aromatic heterocycles. The van der Waals surface area contributed by atoms with Gasteiger partial charge in [0, 0.05) is 24.8 Å². The molecule has 0 unspecified atom stereocenters. The molecule has 9 heteroatoms. The maximum absolute atomic E-state index is 6.10. The van der Waals surface area contributed by atoms with Crippen LogP contribution in [0.2, 0.25) is 0 Å². The molecule has 0 radical (unpaired) electrons. The third kappa shape index (κ3) is 6.31. The molecule has 0 fully saturated rings. The van der Waals surface area contributed by atoms with Crippen LogP contribution in [0.5, 0.6) is 17.2 Å². The summed E-state index contributed by atoms with van der Waals surface area (Å²) in [6, 6.07) is 3.77. The molecule has 1 aromatic carbocycles. The maximum atomic E-state index is 6.10. The second kappa shape index (κ2) is 12.1. The fraction of sp³-hybridized carbons (Fsp3) is 0.474. The van der Waals surface area contributed by atoms with E-state index in [0.717, 1.165) is 24.0 Å². The number of hydrogen-bond donors (Lipinski definition) is 2. The van der Waals surface area contributed by atoms with Gasteiger partial charge in [0.15, 0.2) is 11.5 Å². The van der Waals surface area contributed by atoms with E-state index in [4.69, 9.17) is 24.7 Å². The largest absolute Gasteiger partial charge is 0.493 e. The molecule has 0 aliphatic heterocycles. The zero-order valence-electron chi connectivity index (χ0n) is 16.8. The number of nitrogens with two attached hydrogens (primary N) is 1. The third-order valence-electron chi connectivity index (χ3n) is 3.99. The number of aromatic nitrogens is 2. The lowest BCUT2D eigenvalue weighted by molar-refractivity contribution is 0.148. The highest BCUT2D eigenvalue weighted by molar-refractivity contribution is 5.85. The first-order valence-corrected chi connectivity index (χ1v) is 8.84. The van der Waals surface area contributed by atoms with E-state index in [1.165, 1.54) is 0 Å². The Balaban J connectivity index is 0.00000392. The lowest BCUT2D eigenvalue weighted by Gasteiger charge is -2.14. The highest BCUT2D eigenvalue weighted by Crippen LogP contribution is 2.38. The van der Waals surface area contributed by atoms with E-state index in [1.54, 1.807) is 27.5 Å². The Hall–Kier alpha value is -2.45. The number of nitrogens with one attached hydrogen (secondary N) is 1. The van der Waals surface area contributed by atoms with Gasteiger partial charge in [0.05, 0.1) is 21.3 Å². The molecular formula is C19H29ClN4O4. The Morgan fingerprint density at radius 3 is 2.29 bits per heavy atom. The van der Waals surface area contributed by atoms with E-state index in [1.807, 2.05) is 12.1 Å². The van der Waals surface area contributed by atoms with Crippen molar-refractivity contribution in [1.82, 2.24) is 9.97 Å². The molecule has 0 saturated carbocycles. The minimum atomic E-state index is 0. The van der Waals surface area contributed by atoms with Crippen LogP contribution in [0.1, 0.15) is 30.9 Å². The van der Waals surface area contributed by atoms with Crippen molar-refractivity contribution in [1.29, 1.82) is 0 Å². The number of nitrogen functional groups attached to an aromatic ring is 1. The van der Waals surface area contributed by atoms with Crippen molar-refractivity contribution in [2.45, 2.75) is 26.2 Å². The fourth-order valence-corrected chi connectivity index (χ4v) is 2.53. The van der Waals surface area contributed by atoms with Crippen molar-refractivity contribution in [2.75, 3.05) is 45.7 Å². The van der Waals surface area contributed by atoms with Crippen molar-refractivity contribution >= 4 is 24.2 Å². The summed E-state index contributed by atoms with van der Waals surface area (Å²) in [7, 11) is 4.74. The zero-order valence-corrected chi connectivity index (χ0v) is 17.6. The average molecular weight is 413 g/mol. The highest BCUT2D eigenvalue weighted by atomic mass is 35.5. The Morgan fingerprint density at radius 1 is 1.07 bits per heavy atom. The first-order valence-electron chi connectivity index (χ1n) is 8.84. The minimum absolute atomic E-state index is 0. The van der Waals surface area contributed by atoms with Gasteiger partial charge in [-0.3, -0.25) is 0 Å². The van der Waals surface area contributed by atoms with Crippen LogP contribution in [0, 0.1) is 0 Å². The van der Waals surface area contributed by atoms with Gasteiger partial charge in [-0.1, -0.05) is 13.3 Å². The van der Waals surface area contributed by atoms with E-state index < -0.39 is 0 Å². The first kappa shape index (κ1) is 23.6. The molecule has 156 valence electrons. The molecule has 0 saturated heterocycles. The maximum Gasteiger partial charge on any atom is 0.226 e. The summed E-state index contributed by atoms with van der Waals surface area (Å²) in [4.78, 5) is 8.60.